The van der Waals surface area contributed by atoms with Crippen LogP contribution in [0.5, 0.6) is 0 Å². The predicted molar refractivity (Wildman–Crippen MR) is 159 cm³/mol. The highest BCUT2D eigenvalue weighted by molar-refractivity contribution is 6.18. The maximum Gasteiger partial charge on any atom is 0.331 e. The van der Waals surface area contributed by atoms with Gasteiger partial charge in [0.25, 0.3) is 0 Å². The van der Waals surface area contributed by atoms with E-state index in [1.165, 1.54) is 19.3 Å². The molecule has 0 aromatic heterocycles. The lowest BCUT2D eigenvalue weighted by molar-refractivity contribution is -0.158. The fourth-order valence-corrected chi connectivity index (χ4v) is 9.24. The second kappa shape index (κ2) is 12.0. The molecule has 1 amide bonds. The van der Waals surface area contributed by atoms with Crippen molar-refractivity contribution in [3.05, 3.63) is 35.9 Å². The van der Waals surface area contributed by atoms with Crippen molar-refractivity contribution in [3.8, 4) is 0 Å². The first-order valence-electron chi connectivity index (χ1n) is 14.9. The Balaban J connectivity index is 1.21. The number of carbonyl (C=O) groups is 2. The monoisotopic (exact) mass is 574 g/mol. The van der Waals surface area contributed by atoms with Gasteiger partial charge < -0.3 is 15.0 Å². The molecule has 1 aromatic carbocycles. The number of amides is 1. The molecule has 3 aliphatic carbocycles. The van der Waals surface area contributed by atoms with Crippen molar-refractivity contribution in [3.63, 3.8) is 0 Å². The quantitative estimate of drug-likeness (QED) is 0.210. The normalized spacial score (nSPS) is 35.9. The Morgan fingerprint density at radius 1 is 1.05 bits per heavy atom. The van der Waals surface area contributed by atoms with E-state index in [-0.39, 0.29) is 23.5 Å². The highest BCUT2D eigenvalue weighted by Gasteiger charge is 2.58. The number of hydrogen-bond acceptors (Lipinski definition) is 4. The summed E-state index contributed by atoms with van der Waals surface area (Å²) in [4.78, 5) is 27.2. The molecule has 0 spiro atoms. The summed E-state index contributed by atoms with van der Waals surface area (Å²) < 4.78 is 6.02. The number of anilines is 1. The number of ether oxygens (including phenoxy) is 1. The van der Waals surface area contributed by atoms with Crippen LogP contribution in [0.2, 0.25) is 0 Å². The van der Waals surface area contributed by atoms with E-state index >= 15 is 0 Å². The third-order valence-corrected chi connectivity index (χ3v) is 11.1. The molecule has 5 nitrogen and oxygen atoms in total. The van der Waals surface area contributed by atoms with Crippen molar-refractivity contribution in [1.29, 1.82) is 0 Å². The third-order valence-electron chi connectivity index (χ3n) is 10.8. The van der Waals surface area contributed by atoms with Crippen molar-refractivity contribution < 1.29 is 14.3 Å². The summed E-state index contributed by atoms with van der Waals surface area (Å²) in [6.45, 7) is 6.19. The van der Waals surface area contributed by atoms with Gasteiger partial charge in [-0.05, 0) is 105 Å². The van der Waals surface area contributed by atoms with Gasteiger partial charge in [-0.25, -0.2) is 4.79 Å². The Morgan fingerprint density at radius 3 is 2.59 bits per heavy atom. The lowest BCUT2D eigenvalue weighted by atomic mass is 9.45. The van der Waals surface area contributed by atoms with Gasteiger partial charge in [-0.15, -0.1) is 23.2 Å². The van der Waals surface area contributed by atoms with Gasteiger partial charge in [0, 0.05) is 48.6 Å². The number of hydrogen-bond donors (Lipinski definition) is 1. The van der Waals surface area contributed by atoms with Crippen LogP contribution in [0, 0.1) is 29.1 Å². The summed E-state index contributed by atoms with van der Waals surface area (Å²) in [5, 5.41) is 3.37. The number of rotatable bonds is 8. The minimum Gasteiger partial charge on any atom is -0.459 e. The minimum atomic E-state index is -0.264. The second-order valence-corrected chi connectivity index (χ2v) is 13.5. The van der Waals surface area contributed by atoms with E-state index in [2.05, 4.69) is 24.1 Å². The molecule has 5 rings (SSSR count). The van der Waals surface area contributed by atoms with Crippen LogP contribution in [0.4, 0.5) is 5.69 Å². The fourth-order valence-electron chi connectivity index (χ4n) is 8.84. The van der Waals surface area contributed by atoms with E-state index in [1.807, 2.05) is 30.3 Å². The smallest absolute Gasteiger partial charge is 0.331 e. The lowest BCUT2D eigenvalue weighted by Crippen LogP contribution is -2.63. The first kappa shape index (κ1) is 28.8. The molecule has 7 atom stereocenters. The fraction of sp³-hybridized carbons (Fsp3) is 0.688. The summed E-state index contributed by atoms with van der Waals surface area (Å²) in [5.41, 5.74) is 2.26. The van der Waals surface area contributed by atoms with Gasteiger partial charge in [-0.1, -0.05) is 25.1 Å². The van der Waals surface area contributed by atoms with E-state index in [0.717, 1.165) is 43.4 Å². The van der Waals surface area contributed by atoms with Gasteiger partial charge in [0.05, 0.1) is 0 Å². The van der Waals surface area contributed by atoms with Crippen molar-refractivity contribution in [1.82, 2.24) is 5.32 Å². The van der Waals surface area contributed by atoms with Crippen molar-refractivity contribution >= 4 is 46.8 Å². The molecule has 0 radical (unpaired) electrons. The molecule has 1 N–H and O–H groups in total. The number of esters is 1. The summed E-state index contributed by atoms with van der Waals surface area (Å²) in [7, 11) is 0. The third kappa shape index (κ3) is 5.86. The van der Waals surface area contributed by atoms with E-state index in [4.69, 9.17) is 27.9 Å². The van der Waals surface area contributed by atoms with Crippen LogP contribution < -0.4 is 10.2 Å². The van der Waals surface area contributed by atoms with Gasteiger partial charge in [0.1, 0.15) is 6.10 Å². The Hall–Kier alpha value is -1.72. The first-order valence-corrected chi connectivity index (χ1v) is 16.0. The van der Waals surface area contributed by atoms with E-state index in [0.29, 0.717) is 60.4 Å². The Bertz CT molecular complexity index is 1070. The van der Waals surface area contributed by atoms with E-state index in [1.54, 1.807) is 6.08 Å². The van der Waals surface area contributed by atoms with E-state index in [9.17, 15) is 9.59 Å². The summed E-state index contributed by atoms with van der Waals surface area (Å²) in [6, 6.07) is 8.01. The van der Waals surface area contributed by atoms with Crippen LogP contribution in [0.3, 0.4) is 0 Å². The number of para-hydroxylation sites is 1. The van der Waals surface area contributed by atoms with Crippen molar-refractivity contribution in [2.45, 2.75) is 83.3 Å². The number of nitrogens with zero attached hydrogens (tertiary/aromatic N) is 1. The largest absolute Gasteiger partial charge is 0.459 e. The van der Waals surface area contributed by atoms with Crippen LogP contribution in [0.25, 0.3) is 6.08 Å². The van der Waals surface area contributed by atoms with Gasteiger partial charge in [-0.2, -0.15) is 0 Å². The molecule has 3 saturated carbocycles. The Labute approximate surface area is 244 Å². The van der Waals surface area contributed by atoms with Gasteiger partial charge in [-0.3, -0.25) is 4.79 Å². The molecular formula is C32H44Cl2N2O3. The molecule has 1 saturated heterocycles. The predicted octanol–water partition coefficient (Wildman–Crippen LogP) is 6.81. The highest BCUT2D eigenvalue weighted by atomic mass is 35.5. The van der Waals surface area contributed by atoms with Crippen LogP contribution in [-0.4, -0.2) is 48.4 Å². The molecular weight excluding hydrogens is 531 g/mol. The van der Waals surface area contributed by atoms with Gasteiger partial charge in [0.2, 0.25) is 5.91 Å². The Morgan fingerprint density at radius 2 is 1.82 bits per heavy atom. The van der Waals surface area contributed by atoms with Crippen LogP contribution in [0.1, 0.15) is 77.2 Å². The zero-order valence-corrected chi connectivity index (χ0v) is 25.0. The maximum atomic E-state index is 12.9. The molecule has 0 bridgehead atoms. The number of benzene rings is 1. The van der Waals surface area contributed by atoms with Crippen LogP contribution >= 0.6 is 23.2 Å². The summed E-state index contributed by atoms with van der Waals surface area (Å²) in [5.74, 6) is 3.59. The Kier molecular flexibility index (Phi) is 8.88. The molecule has 1 heterocycles. The summed E-state index contributed by atoms with van der Waals surface area (Å²) >= 11 is 12.0. The van der Waals surface area contributed by atoms with E-state index < -0.39 is 0 Å². The summed E-state index contributed by atoms with van der Waals surface area (Å²) in [6.07, 6.45) is 12.9. The highest BCUT2D eigenvalue weighted by Crippen LogP contribution is 2.62. The molecule has 39 heavy (non-hydrogen) atoms. The zero-order chi connectivity index (χ0) is 27.6. The number of carbonyl (C=O) groups excluding carboxylic acids is 2. The molecule has 4 aliphatic rings. The number of piperidine rings is 1. The minimum absolute atomic E-state index is 0.0150. The average Bonchev–Trinajstić information content (AvgIpc) is 2.91. The molecule has 214 valence electrons. The average molecular weight is 576 g/mol. The van der Waals surface area contributed by atoms with Crippen LogP contribution in [-0.2, 0) is 14.3 Å². The topological polar surface area (TPSA) is 58.6 Å². The molecule has 7 unspecified atom stereocenters. The first-order chi connectivity index (χ1) is 18.8. The second-order valence-electron chi connectivity index (χ2n) is 12.8. The standard InChI is InChI=1S/C32H44Cl2N2O3/c1-31-15-13-24(39-30(38)12-7-22-5-3-4-6-28(22)36(19-17-33)20-18-34)21-23(31)8-9-25-26(31)14-16-32(2)27(25)10-11-29(37)35-32/h3-7,12,23-27H,8-11,13-21H2,1-2H3,(H,35,37). The lowest BCUT2D eigenvalue weighted by Gasteiger charge is -2.62. The van der Waals surface area contributed by atoms with Crippen molar-refractivity contribution in [2.24, 2.45) is 29.1 Å². The van der Waals surface area contributed by atoms with Gasteiger partial charge >= 0.3 is 5.97 Å². The molecule has 4 fully saturated rings. The zero-order valence-electron chi connectivity index (χ0n) is 23.5. The number of nitrogens with one attached hydrogen (secondary N) is 1. The number of alkyl halides is 2. The molecule has 7 heteroatoms. The maximum absolute atomic E-state index is 12.9. The van der Waals surface area contributed by atoms with Gasteiger partial charge in [0.15, 0.2) is 0 Å². The molecule has 1 aromatic rings. The van der Waals surface area contributed by atoms with Crippen LogP contribution in [0.15, 0.2) is 30.3 Å². The van der Waals surface area contributed by atoms with Crippen molar-refractivity contribution in [2.75, 3.05) is 29.7 Å². The SMILES string of the molecule is CC12CCC3C(CCC4CC(OC(=O)C=Cc5ccccc5N(CCCl)CCCl)CCC43C)C1CCC(=O)N2. The number of halogens is 2. The number of fused-ring (bicyclic) bond motifs is 5. The molecule has 1 aliphatic heterocycles.